The van der Waals surface area contributed by atoms with Crippen molar-refractivity contribution in [1.29, 1.82) is 0 Å². The van der Waals surface area contributed by atoms with Gasteiger partial charge >= 0.3 is 5.97 Å². The zero-order valence-corrected chi connectivity index (χ0v) is 8.97. The van der Waals surface area contributed by atoms with Gasteiger partial charge in [-0.3, -0.25) is 19.3 Å². The zero-order valence-electron chi connectivity index (χ0n) is 8.97. The number of anilines is 1. The molecule has 6 heteroatoms. The summed E-state index contributed by atoms with van der Waals surface area (Å²) < 4.78 is 4.97. The summed E-state index contributed by atoms with van der Waals surface area (Å²) in [6, 6.07) is 4.48. The molecule has 1 aliphatic rings. The number of Topliss-reactive ketones (excluding diaryl/α,β-unsaturated/α-hetero) is 1. The summed E-state index contributed by atoms with van der Waals surface area (Å²) in [7, 11) is 1.45. The maximum Gasteiger partial charge on any atom is 0.323 e. The molecule has 0 bridgehead atoms. The van der Waals surface area contributed by atoms with Crippen LogP contribution in [-0.4, -0.2) is 36.4 Å². The molecule has 1 aromatic carbocycles. The number of benzene rings is 1. The van der Waals surface area contributed by atoms with E-state index in [4.69, 9.17) is 9.84 Å². The van der Waals surface area contributed by atoms with Gasteiger partial charge < -0.3 is 9.84 Å². The predicted molar refractivity (Wildman–Crippen MR) is 57.3 cm³/mol. The molecule has 0 saturated heterocycles. The number of ether oxygens (including phenoxy) is 1. The van der Waals surface area contributed by atoms with Gasteiger partial charge in [0.05, 0.1) is 18.4 Å². The first-order chi connectivity index (χ1) is 8.04. The number of hydrogen-bond donors (Lipinski definition) is 1. The second kappa shape index (κ2) is 3.89. The first-order valence-corrected chi connectivity index (χ1v) is 4.80. The molecular weight excluding hydrogens is 226 g/mol. The Morgan fingerprint density at radius 3 is 2.71 bits per heavy atom. The molecule has 1 aliphatic heterocycles. The Balaban J connectivity index is 2.49. The quantitative estimate of drug-likeness (QED) is 0.762. The van der Waals surface area contributed by atoms with Gasteiger partial charge in [0, 0.05) is 6.07 Å². The summed E-state index contributed by atoms with van der Waals surface area (Å²) in [5, 5.41) is 8.69. The van der Waals surface area contributed by atoms with Crippen LogP contribution in [0.25, 0.3) is 0 Å². The molecule has 1 aromatic rings. The Bertz CT molecular complexity index is 523. The monoisotopic (exact) mass is 235 g/mol. The van der Waals surface area contributed by atoms with E-state index in [1.165, 1.54) is 19.2 Å². The molecule has 6 nitrogen and oxygen atoms in total. The average molecular weight is 235 g/mol. The van der Waals surface area contributed by atoms with E-state index in [1.54, 1.807) is 6.07 Å². The van der Waals surface area contributed by atoms with Crippen LogP contribution in [0, 0.1) is 0 Å². The lowest BCUT2D eigenvalue weighted by Gasteiger charge is -2.13. The van der Waals surface area contributed by atoms with Crippen LogP contribution in [0.1, 0.15) is 10.4 Å². The van der Waals surface area contributed by atoms with Gasteiger partial charge in [-0.05, 0) is 12.1 Å². The van der Waals surface area contributed by atoms with Gasteiger partial charge in [0.15, 0.2) is 0 Å². The van der Waals surface area contributed by atoms with Gasteiger partial charge in [0.1, 0.15) is 12.3 Å². The fraction of sp³-hybridized carbons (Fsp3) is 0.182. The Hall–Kier alpha value is -2.37. The van der Waals surface area contributed by atoms with E-state index < -0.39 is 24.2 Å². The van der Waals surface area contributed by atoms with Crippen molar-refractivity contribution in [3.05, 3.63) is 23.8 Å². The number of fused-ring (bicyclic) bond motifs is 1. The molecule has 17 heavy (non-hydrogen) atoms. The van der Waals surface area contributed by atoms with E-state index in [1.807, 2.05) is 0 Å². The van der Waals surface area contributed by atoms with Crippen molar-refractivity contribution in [3.63, 3.8) is 0 Å². The highest BCUT2D eigenvalue weighted by molar-refractivity contribution is 6.52. The molecule has 88 valence electrons. The third kappa shape index (κ3) is 1.73. The summed E-state index contributed by atoms with van der Waals surface area (Å²) in [5.74, 6) is -2.23. The number of rotatable bonds is 3. The second-order valence-electron chi connectivity index (χ2n) is 3.50. The average Bonchev–Trinajstić information content (AvgIpc) is 2.53. The predicted octanol–water partition coefficient (Wildman–Crippen LogP) is 0.309. The normalized spacial score (nSPS) is 13.8. The fourth-order valence-electron chi connectivity index (χ4n) is 1.69. The zero-order chi connectivity index (χ0) is 12.6. The Morgan fingerprint density at radius 1 is 1.41 bits per heavy atom. The number of carbonyl (C=O) groups is 3. The van der Waals surface area contributed by atoms with Crippen molar-refractivity contribution in [2.45, 2.75) is 0 Å². The number of amides is 1. The van der Waals surface area contributed by atoms with Crippen molar-refractivity contribution in [2.24, 2.45) is 0 Å². The van der Waals surface area contributed by atoms with Crippen LogP contribution in [0.2, 0.25) is 0 Å². The van der Waals surface area contributed by atoms with Crippen molar-refractivity contribution < 1.29 is 24.2 Å². The summed E-state index contributed by atoms with van der Waals surface area (Å²) in [5.41, 5.74) is 0.485. The molecule has 1 amide bonds. The minimum Gasteiger partial charge on any atom is -0.497 e. The van der Waals surface area contributed by atoms with Crippen LogP contribution >= 0.6 is 0 Å². The highest BCUT2D eigenvalue weighted by atomic mass is 16.5. The maximum absolute atomic E-state index is 11.6. The van der Waals surface area contributed by atoms with E-state index in [0.717, 1.165) is 4.90 Å². The summed E-state index contributed by atoms with van der Waals surface area (Å²) >= 11 is 0. The molecule has 0 aromatic heterocycles. The number of carbonyl (C=O) groups excluding carboxylic acids is 2. The highest BCUT2D eigenvalue weighted by Crippen LogP contribution is 2.32. The van der Waals surface area contributed by atoms with Gasteiger partial charge in [-0.15, -0.1) is 0 Å². The van der Waals surface area contributed by atoms with Crippen LogP contribution in [0.5, 0.6) is 5.75 Å². The van der Waals surface area contributed by atoms with Crippen molar-refractivity contribution >= 4 is 23.3 Å². The second-order valence-corrected chi connectivity index (χ2v) is 3.50. The molecule has 0 fully saturated rings. The first kappa shape index (κ1) is 11.1. The SMILES string of the molecule is COc1ccc2c(c1)N(CC(=O)O)C(=O)C2=O. The molecule has 2 rings (SSSR count). The van der Waals surface area contributed by atoms with Crippen LogP contribution in [0.3, 0.4) is 0 Å². The van der Waals surface area contributed by atoms with Gasteiger partial charge in [-0.1, -0.05) is 0 Å². The molecule has 0 spiro atoms. The van der Waals surface area contributed by atoms with E-state index >= 15 is 0 Å². The highest BCUT2D eigenvalue weighted by Gasteiger charge is 2.36. The molecule has 0 radical (unpaired) electrons. The number of nitrogens with zero attached hydrogens (tertiary/aromatic N) is 1. The Labute approximate surface area is 96.4 Å². The minimum absolute atomic E-state index is 0.206. The summed E-state index contributed by atoms with van der Waals surface area (Å²) in [6.07, 6.45) is 0. The maximum atomic E-state index is 11.6. The lowest BCUT2D eigenvalue weighted by molar-refractivity contribution is -0.136. The van der Waals surface area contributed by atoms with Gasteiger partial charge in [0.25, 0.3) is 11.7 Å². The van der Waals surface area contributed by atoms with Gasteiger partial charge in [-0.25, -0.2) is 0 Å². The first-order valence-electron chi connectivity index (χ1n) is 4.80. The Kier molecular flexibility index (Phi) is 2.55. The standard InChI is InChI=1S/C11H9NO5/c1-17-6-2-3-7-8(4-6)12(5-9(13)14)11(16)10(7)15/h2-4H,5H2,1H3,(H,13,14). The molecule has 0 atom stereocenters. The lowest BCUT2D eigenvalue weighted by Crippen LogP contribution is -2.34. The van der Waals surface area contributed by atoms with Gasteiger partial charge in [0.2, 0.25) is 0 Å². The summed E-state index contributed by atoms with van der Waals surface area (Å²) in [4.78, 5) is 34.7. The molecule has 1 heterocycles. The third-order valence-electron chi connectivity index (χ3n) is 2.47. The van der Waals surface area contributed by atoms with Gasteiger partial charge in [-0.2, -0.15) is 0 Å². The summed E-state index contributed by atoms with van der Waals surface area (Å²) in [6.45, 7) is -0.537. The third-order valence-corrected chi connectivity index (χ3v) is 2.47. The number of carboxylic acid groups (broad SMARTS) is 1. The molecular formula is C11H9NO5. The number of ketones is 1. The van der Waals surface area contributed by atoms with Crippen LogP contribution < -0.4 is 9.64 Å². The van der Waals surface area contributed by atoms with Crippen LogP contribution in [0.4, 0.5) is 5.69 Å². The topological polar surface area (TPSA) is 83.9 Å². The number of methoxy groups -OCH3 is 1. The molecule has 0 aliphatic carbocycles. The molecule has 1 N–H and O–H groups in total. The lowest BCUT2D eigenvalue weighted by atomic mass is 10.1. The largest absolute Gasteiger partial charge is 0.497 e. The van der Waals surface area contributed by atoms with E-state index in [9.17, 15) is 14.4 Å². The number of carboxylic acids is 1. The van der Waals surface area contributed by atoms with Crippen molar-refractivity contribution in [2.75, 3.05) is 18.6 Å². The number of aliphatic carboxylic acids is 1. The molecule has 0 unspecified atom stereocenters. The number of hydrogen-bond acceptors (Lipinski definition) is 4. The fourth-order valence-corrected chi connectivity index (χ4v) is 1.69. The van der Waals surface area contributed by atoms with Crippen LogP contribution in [0.15, 0.2) is 18.2 Å². The van der Waals surface area contributed by atoms with Crippen molar-refractivity contribution in [3.8, 4) is 5.75 Å². The van der Waals surface area contributed by atoms with E-state index in [2.05, 4.69) is 0 Å². The molecule has 0 saturated carbocycles. The van der Waals surface area contributed by atoms with Crippen LogP contribution in [-0.2, 0) is 9.59 Å². The Morgan fingerprint density at radius 2 is 2.12 bits per heavy atom. The van der Waals surface area contributed by atoms with E-state index in [-0.39, 0.29) is 11.3 Å². The minimum atomic E-state index is -1.18. The smallest absolute Gasteiger partial charge is 0.323 e. The van der Waals surface area contributed by atoms with Crippen molar-refractivity contribution in [1.82, 2.24) is 0 Å². The van der Waals surface area contributed by atoms with E-state index in [0.29, 0.717) is 5.75 Å².